The van der Waals surface area contributed by atoms with Crippen molar-refractivity contribution in [2.45, 2.75) is 26.3 Å². The second-order valence-electron chi connectivity index (χ2n) is 7.11. The zero-order valence-electron chi connectivity index (χ0n) is 16.5. The van der Waals surface area contributed by atoms with Gasteiger partial charge in [-0.2, -0.15) is 4.68 Å². The van der Waals surface area contributed by atoms with E-state index >= 15 is 0 Å². The summed E-state index contributed by atoms with van der Waals surface area (Å²) in [7, 11) is 0. The number of carbonyl (C=O) groups is 2. The molecule has 10 heteroatoms. The fourth-order valence-electron chi connectivity index (χ4n) is 3.56. The van der Waals surface area contributed by atoms with Crippen LogP contribution >= 0.6 is 0 Å². The van der Waals surface area contributed by atoms with E-state index in [0.717, 1.165) is 10.1 Å². The number of nitrogens with two attached hydrogens (primary N) is 1. The van der Waals surface area contributed by atoms with Crippen LogP contribution in [0.25, 0.3) is 22.6 Å². The van der Waals surface area contributed by atoms with E-state index in [1.165, 1.54) is 0 Å². The van der Waals surface area contributed by atoms with E-state index in [1.54, 1.807) is 17.0 Å². The highest BCUT2D eigenvalue weighted by atomic mass is 16.5. The Kier molecular flexibility index (Phi) is 5.30. The maximum Gasteiger partial charge on any atom is 0.437 e. The maximum atomic E-state index is 12.5. The number of nitrogens with zero attached hydrogens (tertiary/aromatic N) is 3. The number of ether oxygens (including phenoxy) is 1. The Hall–Kier alpha value is -3.56. The van der Waals surface area contributed by atoms with Crippen molar-refractivity contribution in [2.24, 2.45) is 11.7 Å². The quantitative estimate of drug-likeness (QED) is 0.644. The van der Waals surface area contributed by atoms with Gasteiger partial charge in [-0.1, -0.05) is 12.1 Å². The van der Waals surface area contributed by atoms with Crippen molar-refractivity contribution in [3.63, 3.8) is 0 Å². The summed E-state index contributed by atoms with van der Waals surface area (Å²) in [6, 6.07) is 7.17. The molecule has 1 aromatic carbocycles. The van der Waals surface area contributed by atoms with Gasteiger partial charge >= 0.3 is 5.76 Å². The number of benzene rings is 1. The van der Waals surface area contributed by atoms with Crippen LogP contribution in [-0.2, 0) is 16.1 Å². The molecule has 1 aliphatic rings. The average molecular weight is 414 g/mol. The number of primary amides is 1. The largest absolute Gasteiger partial charge is 0.490 e. The standard InChI is InChI=1S/C20H22N4O6/c1-2-28-14-5-3-4-13-10-15(29-17(13)14)19-22-24(20(27)30-19)11-16(25)23-8-6-12(7-9-23)18(21)26/h3-5,10,12H,2,6-9,11H2,1H3,(H2,21,26). The number of para-hydroxylation sites is 1. The summed E-state index contributed by atoms with van der Waals surface area (Å²) >= 11 is 0. The fourth-order valence-corrected chi connectivity index (χ4v) is 3.56. The first-order valence-electron chi connectivity index (χ1n) is 9.77. The lowest BCUT2D eigenvalue weighted by molar-refractivity contribution is -0.135. The van der Waals surface area contributed by atoms with Gasteiger partial charge in [0.05, 0.1) is 6.61 Å². The Bertz CT molecular complexity index is 1140. The molecule has 3 heterocycles. The van der Waals surface area contributed by atoms with Crippen LogP contribution in [0.1, 0.15) is 19.8 Å². The Morgan fingerprint density at radius 3 is 2.73 bits per heavy atom. The third-order valence-electron chi connectivity index (χ3n) is 5.16. The fraction of sp³-hybridized carbons (Fsp3) is 0.400. The molecular weight excluding hydrogens is 392 g/mol. The van der Waals surface area contributed by atoms with E-state index in [0.29, 0.717) is 43.9 Å². The Morgan fingerprint density at radius 1 is 1.27 bits per heavy atom. The van der Waals surface area contributed by atoms with Crippen LogP contribution in [0.15, 0.2) is 37.9 Å². The van der Waals surface area contributed by atoms with Crippen molar-refractivity contribution >= 4 is 22.8 Å². The van der Waals surface area contributed by atoms with Gasteiger partial charge in [-0.05, 0) is 31.9 Å². The summed E-state index contributed by atoms with van der Waals surface area (Å²) in [5.41, 5.74) is 5.85. The van der Waals surface area contributed by atoms with E-state index in [-0.39, 0.29) is 35.9 Å². The zero-order chi connectivity index (χ0) is 21.3. The highest BCUT2D eigenvalue weighted by Crippen LogP contribution is 2.32. The first-order chi connectivity index (χ1) is 14.5. The molecule has 1 aliphatic heterocycles. The smallest absolute Gasteiger partial charge is 0.437 e. The van der Waals surface area contributed by atoms with E-state index in [9.17, 15) is 14.4 Å². The Labute approximate surface area is 171 Å². The lowest BCUT2D eigenvalue weighted by atomic mass is 9.96. The van der Waals surface area contributed by atoms with Gasteiger partial charge in [-0.3, -0.25) is 9.59 Å². The zero-order valence-corrected chi connectivity index (χ0v) is 16.5. The van der Waals surface area contributed by atoms with Crippen LogP contribution in [0, 0.1) is 5.92 Å². The van der Waals surface area contributed by atoms with Gasteiger partial charge in [0.2, 0.25) is 11.8 Å². The number of fused-ring (bicyclic) bond motifs is 1. The van der Waals surface area contributed by atoms with Gasteiger partial charge in [-0.25, -0.2) is 4.79 Å². The number of likely N-dealkylation sites (tertiary alicyclic amines) is 1. The molecule has 1 saturated heterocycles. The van der Waals surface area contributed by atoms with Crippen molar-refractivity contribution in [1.82, 2.24) is 14.7 Å². The van der Waals surface area contributed by atoms with E-state index < -0.39 is 5.76 Å². The van der Waals surface area contributed by atoms with Gasteiger partial charge in [0.1, 0.15) is 6.54 Å². The number of rotatable bonds is 6. The highest BCUT2D eigenvalue weighted by molar-refractivity contribution is 5.86. The number of amides is 2. The van der Waals surface area contributed by atoms with Crippen LogP contribution in [0.4, 0.5) is 0 Å². The summed E-state index contributed by atoms with van der Waals surface area (Å²) in [5.74, 6) is -0.763. The molecule has 4 rings (SSSR count). The third-order valence-corrected chi connectivity index (χ3v) is 5.16. The molecule has 10 nitrogen and oxygen atoms in total. The van der Waals surface area contributed by atoms with Gasteiger partial charge in [-0.15, -0.1) is 5.10 Å². The Balaban J connectivity index is 1.51. The van der Waals surface area contributed by atoms with E-state index in [4.69, 9.17) is 19.3 Å². The molecule has 2 aromatic heterocycles. The molecule has 0 atom stereocenters. The molecule has 2 N–H and O–H groups in total. The van der Waals surface area contributed by atoms with E-state index in [1.807, 2.05) is 19.1 Å². The molecule has 0 saturated carbocycles. The second-order valence-corrected chi connectivity index (χ2v) is 7.11. The highest BCUT2D eigenvalue weighted by Gasteiger charge is 2.27. The second kappa shape index (κ2) is 8.05. The van der Waals surface area contributed by atoms with Crippen molar-refractivity contribution in [1.29, 1.82) is 0 Å². The summed E-state index contributed by atoms with van der Waals surface area (Å²) < 4.78 is 17.5. The maximum absolute atomic E-state index is 12.5. The first kappa shape index (κ1) is 19.7. The minimum atomic E-state index is -0.754. The molecule has 0 radical (unpaired) electrons. The number of hydrogen-bond acceptors (Lipinski definition) is 7. The predicted octanol–water partition coefficient (Wildman–Crippen LogP) is 1.37. The van der Waals surface area contributed by atoms with Crippen LogP contribution < -0.4 is 16.2 Å². The first-order valence-corrected chi connectivity index (χ1v) is 9.77. The SMILES string of the molecule is CCOc1cccc2cc(-c3nn(CC(=O)N4CCC(C(N)=O)CC4)c(=O)o3)oc12. The van der Waals surface area contributed by atoms with Crippen LogP contribution in [0.2, 0.25) is 0 Å². The van der Waals surface area contributed by atoms with Crippen LogP contribution in [0.5, 0.6) is 5.75 Å². The third kappa shape index (κ3) is 3.80. The Morgan fingerprint density at radius 2 is 2.03 bits per heavy atom. The molecular formula is C20H22N4O6. The summed E-state index contributed by atoms with van der Waals surface area (Å²) in [4.78, 5) is 37.6. The number of aromatic nitrogens is 2. The minimum Gasteiger partial charge on any atom is -0.490 e. The molecule has 0 unspecified atom stereocenters. The molecule has 0 bridgehead atoms. The summed E-state index contributed by atoms with van der Waals surface area (Å²) in [6.07, 6.45) is 1.03. The van der Waals surface area contributed by atoms with Crippen molar-refractivity contribution < 1.29 is 23.2 Å². The molecule has 3 aromatic rings. The summed E-state index contributed by atoms with van der Waals surface area (Å²) in [6.45, 7) is 2.92. The van der Waals surface area contributed by atoms with E-state index in [2.05, 4.69) is 5.10 Å². The summed E-state index contributed by atoms with van der Waals surface area (Å²) in [5, 5.41) is 4.89. The number of furan rings is 1. The molecule has 30 heavy (non-hydrogen) atoms. The normalized spacial score (nSPS) is 14.9. The van der Waals surface area contributed by atoms with Crippen LogP contribution in [-0.4, -0.2) is 46.2 Å². The monoisotopic (exact) mass is 414 g/mol. The molecule has 0 spiro atoms. The lowest BCUT2D eigenvalue weighted by Gasteiger charge is -2.30. The van der Waals surface area contributed by atoms with Gasteiger partial charge < -0.3 is 24.2 Å². The van der Waals surface area contributed by atoms with Gasteiger partial charge in [0.15, 0.2) is 17.1 Å². The predicted molar refractivity (Wildman–Crippen MR) is 106 cm³/mol. The van der Waals surface area contributed by atoms with Crippen LogP contribution in [0.3, 0.4) is 0 Å². The van der Waals surface area contributed by atoms with Gasteiger partial charge in [0, 0.05) is 24.4 Å². The molecule has 0 aliphatic carbocycles. The van der Waals surface area contributed by atoms with Gasteiger partial charge in [0.25, 0.3) is 5.89 Å². The average Bonchev–Trinajstić information content (AvgIpc) is 3.32. The molecule has 158 valence electrons. The minimum absolute atomic E-state index is 0.0149. The van der Waals surface area contributed by atoms with Crippen molar-refractivity contribution in [3.8, 4) is 17.4 Å². The number of piperidine rings is 1. The van der Waals surface area contributed by atoms with Crippen molar-refractivity contribution in [3.05, 3.63) is 34.8 Å². The number of carbonyl (C=O) groups excluding carboxylic acids is 2. The molecule has 1 fully saturated rings. The number of hydrogen-bond donors (Lipinski definition) is 1. The van der Waals surface area contributed by atoms with Crippen molar-refractivity contribution in [2.75, 3.05) is 19.7 Å². The topological polar surface area (TPSA) is 134 Å². The molecule has 2 amide bonds. The lowest BCUT2D eigenvalue weighted by Crippen LogP contribution is -2.43.